The van der Waals surface area contributed by atoms with Gasteiger partial charge < -0.3 is 15.7 Å². The summed E-state index contributed by atoms with van der Waals surface area (Å²) in [6, 6.07) is 11.4. The minimum absolute atomic E-state index is 0.000817. The molecule has 0 spiro atoms. The largest absolute Gasteiger partial charge is 0.395 e. The number of halogens is 1. The third-order valence-electron chi connectivity index (χ3n) is 3.54. The van der Waals surface area contributed by atoms with Gasteiger partial charge in [0.05, 0.1) is 12.3 Å². The maximum Gasteiger partial charge on any atom is 0.225 e. The van der Waals surface area contributed by atoms with Crippen molar-refractivity contribution in [1.29, 1.82) is 0 Å². The van der Waals surface area contributed by atoms with Crippen LogP contribution in [0.15, 0.2) is 48.8 Å². The smallest absolute Gasteiger partial charge is 0.225 e. The van der Waals surface area contributed by atoms with Crippen LogP contribution in [0.2, 0.25) is 5.02 Å². The first-order valence-electron chi connectivity index (χ1n) is 7.83. The molecule has 7 heteroatoms. The molecule has 0 unspecified atom stereocenters. The maximum absolute atomic E-state index is 9.02. The average molecular weight is 356 g/mol. The number of aromatic nitrogens is 3. The number of hydrogen-bond donors (Lipinski definition) is 3. The Morgan fingerprint density at radius 1 is 1.08 bits per heavy atom. The van der Waals surface area contributed by atoms with Gasteiger partial charge in [0, 0.05) is 41.3 Å². The molecule has 0 fully saturated rings. The fourth-order valence-electron chi connectivity index (χ4n) is 2.25. The molecule has 0 saturated heterocycles. The van der Waals surface area contributed by atoms with Gasteiger partial charge in [0.1, 0.15) is 5.82 Å². The Balaban J connectivity index is 1.95. The van der Waals surface area contributed by atoms with Crippen molar-refractivity contribution >= 4 is 29.1 Å². The van der Waals surface area contributed by atoms with E-state index in [1.54, 1.807) is 12.4 Å². The first kappa shape index (κ1) is 17.1. The monoisotopic (exact) mass is 355 g/mol. The Morgan fingerprint density at radius 3 is 2.60 bits per heavy atom. The summed E-state index contributed by atoms with van der Waals surface area (Å²) in [5.74, 6) is 1.06. The van der Waals surface area contributed by atoms with E-state index in [9.17, 15) is 0 Å². The molecule has 0 aliphatic rings. The molecule has 0 bridgehead atoms. The van der Waals surface area contributed by atoms with Gasteiger partial charge in [-0.1, -0.05) is 17.7 Å². The predicted octanol–water partition coefficient (Wildman–Crippen LogP) is 3.65. The van der Waals surface area contributed by atoms with E-state index >= 15 is 0 Å². The van der Waals surface area contributed by atoms with Crippen molar-refractivity contribution in [2.75, 3.05) is 23.8 Å². The van der Waals surface area contributed by atoms with Crippen molar-refractivity contribution in [3.05, 3.63) is 59.4 Å². The molecule has 3 rings (SSSR count). The van der Waals surface area contributed by atoms with E-state index in [0.29, 0.717) is 23.3 Å². The molecule has 0 radical (unpaired) electrons. The third kappa shape index (κ3) is 4.43. The zero-order valence-electron chi connectivity index (χ0n) is 13.7. The van der Waals surface area contributed by atoms with Crippen LogP contribution in [0.1, 0.15) is 5.56 Å². The molecule has 1 aromatic carbocycles. The number of pyridine rings is 1. The summed E-state index contributed by atoms with van der Waals surface area (Å²) in [4.78, 5) is 13.0. The Bertz CT molecular complexity index is 857. The number of aliphatic hydroxyl groups excluding tert-OH is 1. The number of anilines is 3. The normalized spacial score (nSPS) is 10.5. The molecule has 3 N–H and O–H groups in total. The van der Waals surface area contributed by atoms with E-state index in [-0.39, 0.29) is 6.61 Å². The Labute approximate surface area is 150 Å². The van der Waals surface area contributed by atoms with Crippen molar-refractivity contribution < 1.29 is 5.11 Å². The summed E-state index contributed by atoms with van der Waals surface area (Å²) in [7, 11) is 0. The van der Waals surface area contributed by atoms with Gasteiger partial charge in [-0.05, 0) is 36.8 Å². The zero-order valence-corrected chi connectivity index (χ0v) is 14.5. The summed E-state index contributed by atoms with van der Waals surface area (Å²) in [5, 5.41) is 15.9. The SMILES string of the molecule is Cc1ccc(Nc2cc(-c3ccncc3)nc(NCCO)n2)cc1Cl. The van der Waals surface area contributed by atoms with Crippen molar-refractivity contribution in [2.45, 2.75) is 6.92 Å². The molecule has 3 aromatic rings. The molecule has 2 heterocycles. The van der Waals surface area contributed by atoms with Gasteiger partial charge in [-0.2, -0.15) is 4.98 Å². The predicted molar refractivity (Wildman–Crippen MR) is 100 cm³/mol. The second-order valence-corrected chi connectivity index (χ2v) is 5.84. The molecule has 25 heavy (non-hydrogen) atoms. The van der Waals surface area contributed by atoms with E-state index < -0.39 is 0 Å². The van der Waals surface area contributed by atoms with Crippen LogP contribution < -0.4 is 10.6 Å². The molecular formula is C18H18ClN5O. The fraction of sp³-hybridized carbons (Fsp3) is 0.167. The van der Waals surface area contributed by atoms with Gasteiger partial charge in [-0.15, -0.1) is 0 Å². The van der Waals surface area contributed by atoms with E-state index in [4.69, 9.17) is 16.7 Å². The van der Waals surface area contributed by atoms with Crippen molar-refractivity contribution in [3.8, 4) is 11.3 Å². The highest BCUT2D eigenvalue weighted by Gasteiger charge is 2.08. The van der Waals surface area contributed by atoms with Crippen LogP contribution in [-0.4, -0.2) is 33.2 Å². The molecule has 0 amide bonds. The minimum Gasteiger partial charge on any atom is -0.395 e. The van der Waals surface area contributed by atoms with Gasteiger partial charge in [0.15, 0.2) is 0 Å². The number of hydrogen-bond acceptors (Lipinski definition) is 6. The van der Waals surface area contributed by atoms with Gasteiger partial charge in [-0.3, -0.25) is 4.98 Å². The van der Waals surface area contributed by atoms with Crippen LogP contribution in [0.4, 0.5) is 17.5 Å². The highest BCUT2D eigenvalue weighted by molar-refractivity contribution is 6.31. The topological polar surface area (TPSA) is 83.0 Å². The standard InChI is InChI=1S/C18H18ClN5O/c1-12-2-3-14(10-15(12)19)22-17-11-16(13-4-6-20-7-5-13)23-18(24-17)21-8-9-25/h2-7,10-11,25H,8-9H2,1H3,(H2,21,22,23,24). The van der Waals surface area contributed by atoms with Crippen LogP contribution >= 0.6 is 11.6 Å². The van der Waals surface area contributed by atoms with Crippen molar-refractivity contribution in [2.24, 2.45) is 0 Å². The van der Waals surface area contributed by atoms with E-state index in [1.807, 2.05) is 43.3 Å². The summed E-state index contributed by atoms with van der Waals surface area (Å²) in [6.07, 6.45) is 3.43. The molecule has 0 aliphatic heterocycles. The zero-order chi connectivity index (χ0) is 17.6. The second-order valence-electron chi connectivity index (χ2n) is 5.44. The van der Waals surface area contributed by atoms with Crippen molar-refractivity contribution in [1.82, 2.24) is 15.0 Å². The molecule has 0 saturated carbocycles. The molecule has 6 nitrogen and oxygen atoms in total. The molecule has 128 valence electrons. The Kier molecular flexibility index (Phi) is 5.42. The number of benzene rings is 1. The summed E-state index contributed by atoms with van der Waals surface area (Å²) in [5.41, 5.74) is 3.52. The number of nitrogens with one attached hydrogen (secondary N) is 2. The number of aliphatic hydroxyl groups is 1. The molecule has 2 aromatic heterocycles. The van der Waals surface area contributed by atoms with Gasteiger partial charge in [0.25, 0.3) is 0 Å². The van der Waals surface area contributed by atoms with Crippen LogP contribution in [0.3, 0.4) is 0 Å². The highest BCUT2D eigenvalue weighted by Crippen LogP contribution is 2.25. The molecule has 0 atom stereocenters. The maximum atomic E-state index is 9.02. The summed E-state index contributed by atoms with van der Waals surface area (Å²) >= 11 is 6.19. The van der Waals surface area contributed by atoms with Crippen LogP contribution in [0, 0.1) is 6.92 Å². The number of nitrogens with zero attached hydrogens (tertiary/aromatic N) is 3. The quantitative estimate of drug-likeness (QED) is 0.626. The number of rotatable bonds is 6. The lowest BCUT2D eigenvalue weighted by molar-refractivity contribution is 0.311. The van der Waals surface area contributed by atoms with E-state index in [1.165, 1.54) is 0 Å². The Morgan fingerprint density at radius 2 is 1.88 bits per heavy atom. The second kappa shape index (κ2) is 7.92. The average Bonchev–Trinajstić information content (AvgIpc) is 2.63. The molecular weight excluding hydrogens is 338 g/mol. The first-order chi connectivity index (χ1) is 12.2. The third-order valence-corrected chi connectivity index (χ3v) is 3.95. The highest BCUT2D eigenvalue weighted by atomic mass is 35.5. The minimum atomic E-state index is -0.000817. The van der Waals surface area contributed by atoms with Gasteiger partial charge >= 0.3 is 0 Å². The number of aryl methyl sites for hydroxylation is 1. The van der Waals surface area contributed by atoms with E-state index in [0.717, 1.165) is 22.5 Å². The lowest BCUT2D eigenvalue weighted by Gasteiger charge is -2.11. The van der Waals surface area contributed by atoms with Crippen molar-refractivity contribution in [3.63, 3.8) is 0 Å². The summed E-state index contributed by atoms with van der Waals surface area (Å²) < 4.78 is 0. The Hall–Kier alpha value is -2.70. The summed E-state index contributed by atoms with van der Waals surface area (Å²) in [6.45, 7) is 2.32. The van der Waals surface area contributed by atoms with E-state index in [2.05, 4.69) is 25.6 Å². The molecule has 0 aliphatic carbocycles. The first-order valence-corrected chi connectivity index (χ1v) is 8.21. The van der Waals surface area contributed by atoms with Gasteiger partial charge in [-0.25, -0.2) is 4.98 Å². The fourth-order valence-corrected chi connectivity index (χ4v) is 2.43. The van der Waals surface area contributed by atoms with Crippen LogP contribution in [0.5, 0.6) is 0 Å². The lowest BCUT2D eigenvalue weighted by atomic mass is 10.2. The van der Waals surface area contributed by atoms with Gasteiger partial charge in [0.2, 0.25) is 5.95 Å². The van der Waals surface area contributed by atoms with Crippen LogP contribution in [-0.2, 0) is 0 Å². The lowest BCUT2D eigenvalue weighted by Crippen LogP contribution is -2.10. The van der Waals surface area contributed by atoms with Crippen LogP contribution in [0.25, 0.3) is 11.3 Å².